The summed E-state index contributed by atoms with van der Waals surface area (Å²) >= 11 is 1.92. The third-order valence-electron chi connectivity index (χ3n) is 8.09. The average molecular weight is 527 g/mol. The van der Waals surface area contributed by atoms with Crippen LogP contribution in [0.5, 0.6) is 0 Å². The Morgan fingerprint density at radius 2 is 0.925 bits per heavy atom. The summed E-state index contributed by atoms with van der Waals surface area (Å²) in [5, 5.41) is 8.05. The molecule has 1 heteroatoms. The van der Waals surface area contributed by atoms with Gasteiger partial charge in [0, 0.05) is 25.6 Å². The van der Waals surface area contributed by atoms with Crippen LogP contribution >= 0.6 is 11.3 Å². The van der Waals surface area contributed by atoms with Crippen LogP contribution in [0.2, 0.25) is 0 Å². The fraction of sp³-hybridized carbons (Fsp3) is 0.0256. The first-order chi connectivity index (χ1) is 19.7. The van der Waals surface area contributed by atoms with E-state index in [1.165, 1.54) is 80.7 Å². The van der Waals surface area contributed by atoms with E-state index in [4.69, 9.17) is 0 Å². The summed E-state index contributed by atoms with van der Waals surface area (Å²) in [6.45, 7) is 2.15. The van der Waals surface area contributed by atoms with Crippen LogP contribution in [-0.4, -0.2) is 0 Å². The van der Waals surface area contributed by atoms with Gasteiger partial charge < -0.3 is 0 Å². The Hall–Kier alpha value is -4.72. The quantitative estimate of drug-likeness (QED) is 0.201. The molecule has 0 N–H and O–H groups in total. The first-order valence-electron chi connectivity index (χ1n) is 13.8. The highest BCUT2D eigenvalue weighted by Gasteiger charge is 2.17. The van der Waals surface area contributed by atoms with Crippen LogP contribution in [0, 0.1) is 6.92 Å². The van der Waals surface area contributed by atoms with Crippen molar-refractivity contribution >= 4 is 53.1 Å². The van der Waals surface area contributed by atoms with Crippen LogP contribution < -0.4 is 0 Å². The largest absolute Gasteiger partial charge is 0.134 e. The van der Waals surface area contributed by atoms with Gasteiger partial charge in [0.15, 0.2) is 0 Å². The zero-order chi connectivity index (χ0) is 26.6. The fourth-order valence-electron chi connectivity index (χ4n) is 6.26. The van der Waals surface area contributed by atoms with Crippen molar-refractivity contribution in [1.29, 1.82) is 0 Å². The zero-order valence-electron chi connectivity index (χ0n) is 22.2. The Morgan fingerprint density at radius 3 is 1.62 bits per heavy atom. The lowest BCUT2D eigenvalue weighted by atomic mass is 9.92. The number of hydrogen-bond acceptors (Lipinski definition) is 1. The smallest absolute Gasteiger partial charge is 0.0440 e. The molecular weight excluding hydrogens is 500 g/mol. The van der Waals surface area contributed by atoms with Gasteiger partial charge in [-0.05, 0) is 74.7 Å². The molecule has 1 aromatic heterocycles. The number of fused-ring (bicyclic) bond motifs is 8. The fourth-order valence-corrected chi connectivity index (χ4v) is 7.54. The van der Waals surface area contributed by atoms with Crippen LogP contribution in [0.1, 0.15) is 5.56 Å². The maximum Gasteiger partial charge on any atom is 0.0440 e. The number of hydrogen-bond donors (Lipinski definition) is 0. The van der Waals surface area contributed by atoms with Gasteiger partial charge >= 0.3 is 0 Å². The maximum absolute atomic E-state index is 2.36. The van der Waals surface area contributed by atoms with Gasteiger partial charge in [0.25, 0.3) is 0 Å². The first-order valence-corrected chi connectivity index (χ1v) is 14.6. The number of thiophene rings is 1. The minimum absolute atomic E-state index is 1.24. The average Bonchev–Trinajstić information content (AvgIpc) is 3.42. The number of aryl methyl sites for hydroxylation is 1. The molecule has 8 rings (SSSR count). The SMILES string of the molecule is Cc1cccc(-c2cccc(-c3cccc(-c4cccc5sc6c7ccccc7c7ccccc7c6c45)c3)c2)c1. The van der Waals surface area contributed by atoms with Crippen molar-refractivity contribution in [2.24, 2.45) is 0 Å². The van der Waals surface area contributed by atoms with Gasteiger partial charge in [-0.2, -0.15) is 0 Å². The van der Waals surface area contributed by atoms with E-state index in [-0.39, 0.29) is 0 Å². The Morgan fingerprint density at radius 1 is 0.400 bits per heavy atom. The predicted molar refractivity (Wildman–Crippen MR) is 175 cm³/mol. The summed E-state index contributed by atoms with van der Waals surface area (Å²) in [4.78, 5) is 0. The van der Waals surface area contributed by atoms with E-state index >= 15 is 0 Å². The van der Waals surface area contributed by atoms with E-state index in [0.29, 0.717) is 0 Å². The van der Waals surface area contributed by atoms with Crippen molar-refractivity contribution < 1.29 is 0 Å². The summed E-state index contributed by atoms with van der Waals surface area (Å²) in [6.07, 6.45) is 0. The van der Waals surface area contributed by atoms with Crippen LogP contribution in [0.25, 0.3) is 75.1 Å². The van der Waals surface area contributed by atoms with E-state index in [0.717, 1.165) is 0 Å². The Labute approximate surface area is 237 Å². The minimum Gasteiger partial charge on any atom is -0.134 e. The summed E-state index contributed by atoms with van der Waals surface area (Å²) in [5.41, 5.74) is 8.80. The monoisotopic (exact) mass is 526 g/mol. The van der Waals surface area contributed by atoms with Gasteiger partial charge in [0.05, 0.1) is 0 Å². The molecule has 188 valence electrons. The van der Waals surface area contributed by atoms with Crippen LogP contribution in [0.15, 0.2) is 140 Å². The molecule has 0 saturated carbocycles. The third-order valence-corrected chi connectivity index (χ3v) is 9.28. The molecule has 7 aromatic carbocycles. The second-order valence-electron chi connectivity index (χ2n) is 10.6. The molecule has 0 bridgehead atoms. The molecule has 0 aliphatic rings. The molecule has 0 aliphatic carbocycles. The van der Waals surface area contributed by atoms with Crippen molar-refractivity contribution in [3.8, 4) is 33.4 Å². The minimum atomic E-state index is 1.24. The van der Waals surface area contributed by atoms with Gasteiger partial charge in [-0.15, -0.1) is 11.3 Å². The van der Waals surface area contributed by atoms with E-state index in [1.54, 1.807) is 0 Å². The van der Waals surface area contributed by atoms with Gasteiger partial charge in [-0.3, -0.25) is 0 Å². The summed E-state index contributed by atoms with van der Waals surface area (Å²) < 4.78 is 2.71. The van der Waals surface area contributed by atoms with Gasteiger partial charge in [-0.25, -0.2) is 0 Å². The van der Waals surface area contributed by atoms with Crippen molar-refractivity contribution in [3.63, 3.8) is 0 Å². The standard InChI is InChI=1S/C39H26S/c1-25-10-6-11-26(22-25)27-12-7-13-28(23-27)29-14-8-15-30(24-29)31-20-9-21-36-37(31)38-34-18-4-2-16-32(34)33-17-3-5-19-35(33)39(38)40-36/h2-24H,1H3. The van der Waals surface area contributed by atoms with Crippen molar-refractivity contribution in [2.45, 2.75) is 6.92 Å². The molecule has 0 unspecified atom stereocenters. The molecule has 0 spiro atoms. The normalized spacial score (nSPS) is 11.6. The molecule has 0 radical (unpaired) electrons. The lowest BCUT2D eigenvalue weighted by Crippen LogP contribution is -1.85. The Bertz CT molecular complexity index is 2230. The maximum atomic E-state index is 2.36. The molecule has 0 nitrogen and oxygen atoms in total. The van der Waals surface area contributed by atoms with Crippen molar-refractivity contribution in [2.75, 3.05) is 0 Å². The Kier molecular flexibility index (Phi) is 5.33. The van der Waals surface area contributed by atoms with Crippen LogP contribution in [0.4, 0.5) is 0 Å². The van der Waals surface area contributed by atoms with Crippen molar-refractivity contribution in [3.05, 3.63) is 145 Å². The molecule has 0 amide bonds. The van der Waals surface area contributed by atoms with Gasteiger partial charge in [0.1, 0.15) is 0 Å². The zero-order valence-corrected chi connectivity index (χ0v) is 23.0. The van der Waals surface area contributed by atoms with Crippen molar-refractivity contribution in [1.82, 2.24) is 0 Å². The topological polar surface area (TPSA) is 0 Å². The molecule has 0 atom stereocenters. The van der Waals surface area contributed by atoms with E-state index in [1.807, 2.05) is 11.3 Å². The van der Waals surface area contributed by atoms with Crippen LogP contribution in [-0.2, 0) is 0 Å². The number of benzene rings is 7. The van der Waals surface area contributed by atoms with Crippen LogP contribution in [0.3, 0.4) is 0 Å². The molecule has 40 heavy (non-hydrogen) atoms. The van der Waals surface area contributed by atoms with Gasteiger partial charge in [0.2, 0.25) is 0 Å². The third kappa shape index (κ3) is 3.66. The Balaban J connectivity index is 1.36. The first kappa shape index (κ1) is 23.2. The highest BCUT2D eigenvalue weighted by atomic mass is 32.1. The summed E-state index contributed by atoms with van der Waals surface area (Å²) in [7, 11) is 0. The van der Waals surface area contributed by atoms with E-state index in [9.17, 15) is 0 Å². The summed E-state index contributed by atoms with van der Waals surface area (Å²) in [6, 6.07) is 51.2. The molecular formula is C39H26S. The lowest BCUT2D eigenvalue weighted by molar-refractivity contribution is 1.47. The second-order valence-corrected chi connectivity index (χ2v) is 11.7. The van der Waals surface area contributed by atoms with E-state index in [2.05, 4.69) is 146 Å². The molecule has 1 heterocycles. The van der Waals surface area contributed by atoms with E-state index < -0.39 is 0 Å². The summed E-state index contributed by atoms with van der Waals surface area (Å²) in [5.74, 6) is 0. The predicted octanol–water partition coefficient (Wildman–Crippen LogP) is 11.7. The molecule has 0 aliphatic heterocycles. The highest BCUT2D eigenvalue weighted by Crippen LogP contribution is 2.47. The lowest BCUT2D eigenvalue weighted by Gasteiger charge is -2.11. The molecule has 0 saturated heterocycles. The van der Waals surface area contributed by atoms with Gasteiger partial charge in [-0.1, -0.05) is 127 Å². The highest BCUT2D eigenvalue weighted by molar-refractivity contribution is 7.27. The second kappa shape index (κ2) is 9.19. The molecule has 0 fully saturated rings. The number of rotatable bonds is 3. The molecule has 8 aromatic rings.